The van der Waals surface area contributed by atoms with E-state index in [1.807, 2.05) is 37.3 Å². The van der Waals surface area contributed by atoms with E-state index in [1.165, 1.54) is 0 Å². The summed E-state index contributed by atoms with van der Waals surface area (Å²) < 4.78 is 5.12. The zero-order valence-corrected chi connectivity index (χ0v) is 10.6. The SMILES string of the molecule is Cc1ncc(-c2noc(N)c2-c2ccccc2)s1. The van der Waals surface area contributed by atoms with Crippen LogP contribution in [0.25, 0.3) is 21.7 Å². The average molecular weight is 257 g/mol. The summed E-state index contributed by atoms with van der Waals surface area (Å²) in [6.45, 7) is 1.96. The van der Waals surface area contributed by atoms with Crippen molar-refractivity contribution in [3.8, 4) is 21.7 Å². The fraction of sp³-hybridized carbons (Fsp3) is 0.0769. The summed E-state index contributed by atoms with van der Waals surface area (Å²) in [7, 11) is 0. The second-order valence-corrected chi connectivity index (χ2v) is 5.11. The van der Waals surface area contributed by atoms with E-state index in [1.54, 1.807) is 17.5 Å². The highest BCUT2D eigenvalue weighted by Gasteiger charge is 2.18. The Bertz CT molecular complexity index is 673. The van der Waals surface area contributed by atoms with Crippen LogP contribution in [0.2, 0.25) is 0 Å². The smallest absolute Gasteiger partial charge is 0.230 e. The van der Waals surface area contributed by atoms with E-state index in [2.05, 4.69) is 10.1 Å². The molecule has 0 aliphatic heterocycles. The van der Waals surface area contributed by atoms with E-state index < -0.39 is 0 Å². The molecule has 3 aromatic rings. The van der Waals surface area contributed by atoms with Crippen molar-refractivity contribution in [2.24, 2.45) is 0 Å². The van der Waals surface area contributed by atoms with Gasteiger partial charge in [-0.1, -0.05) is 35.5 Å². The van der Waals surface area contributed by atoms with Gasteiger partial charge in [-0.2, -0.15) is 0 Å². The Morgan fingerprint density at radius 1 is 1.22 bits per heavy atom. The van der Waals surface area contributed by atoms with Gasteiger partial charge in [-0.25, -0.2) is 4.98 Å². The van der Waals surface area contributed by atoms with Crippen LogP contribution in [0.15, 0.2) is 41.1 Å². The van der Waals surface area contributed by atoms with Crippen LogP contribution >= 0.6 is 11.3 Å². The first-order valence-electron chi connectivity index (χ1n) is 5.49. The van der Waals surface area contributed by atoms with Gasteiger partial charge in [0, 0.05) is 6.20 Å². The number of nitrogens with two attached hydrogens (primary N) is 1. The maximum absolute atomic E-state index is 5.87. The Kier molecular flexibility index (Phi) is 2.60. The summed E-state index contributed by atoms with van der Waals surface area (Å²) in [6, 6.07) is 9.86. The molecule has 0 saturated carbocycles. The van der Waals surface area contributed by atoms with Crippen molar-refractivity contribution in [2.75, 3.05) is 5.73 Å². The number of aryl methyl sites for hydroxylation is 1. The monoisotopic (exact) mass is 257 g/mol. The third-order valence-corrected chi connectivity index (χ3v) is 3.56. The number of hydrogen-bond acceptors (Lipinski definition) is 5. The maximum Gasteiger partial charge on any atom is 0.230 e. The lowest BCUT2D eigenvalue weighted by atomic mass is 10.1. The second-order valence-electron chi connectivity index (χ2n) is 3.88. The van der Waals surface area contributed by atoms with Crippen LogP contribution in [0.1, 0.15) is 5.01 Å². The summed E-state index contributed by atoms with van der Waals surface area (Å²) in [5, 5.41) is 5.04. The van der Waals surface area contributed by atoms with Crippen molar-refractivity contribution in [2.45, 2.75) is 6.92 Å². The van der Waals surface area contributed by atoms with E-state index in [-0.39, 0.29) is 0 Å². The van der Waals surface area contributed by atoms with E-state index in [9.17, 15) is 0 Å². The van der Waals surface area contributed by atoms with Crippen LogP contribution in [0.3, 0.4) is 0 Å². The first-order chi connectivity index (χ1) is 8.75. The summed E-state index contributed by atoms with van der Waals surface area (Å²) in [6.07, 6.45) is 1.80. The van der Waals surface area contributed by atoms with Gasteiger partial charge in [-0.3, -0.25) is 0 Å². The highest BCUT2D eigenvalue weighted by molar-refractivity contribution is 7.15. The molecule has 0 spiro atoms. The molecule has 4 nitrogen and oxygen atoms in total. The highest BCUT2D eigenvalue weighted by atomic mass is 32.1. The zero-order chi connectivity index (χ0) is 12.5. The highest BCUT2D eigenvalue weighted by Crippen LogP contribution is 2.37. The van der Waals surface area contributed by atoms with Gasteiger partial charge in [0.2, 0.25) is 5.88 Å². The lowest BCUT2D eigenvalue weighted by molar-refractivity contribution is 0.439. The minimum absolute atomic E-state index is 0.335. The van der Waals surface area contributed by atoms with Crippen molar-refractivity contribution >= 4 is 17.2 Å². The first kappa shape index (κ1) is 11.0. The van der Waals surface area contributed by atoms with Crippen LogP contribution in [-0.4, -0.2) is 10.1 Å². The molecule has 0 fully saturated rings. The summed E-state index contributed by atoms with van der Waals surface area (Å²) in [5.74, 6) is 0.335. The Balaban J connectivity index is 2.18. The Hall–Kier alpha value is -2.14. The number of rotatable bonds is 2. The van der Waals surface area contributed by atoms with Crippen molar-refractivity contribution < 1.29 is 4.52 Å². The predicted octanol–water partition coefficient (Wildman–Crippen LogP) is 3.36. The standard InChI is InChI=1S/C13H11N3OS/c1-8-15-7-10(18-8)12-11(13(14)17-16-12)9-5-3-2-4-6-9/h2-7H,14H2,1H3. The summed E-state index contributed by atoms with van der Waals surface area (Å²) in [4.78, 5) is 5.20. The van der Waals surface area contributed by atoms with Gasteiger partial charge >= 0.3 is 0 Å². The molecule has 0 aliphatic rings. The largest absolute Gasteiger partial charge is 0.367 e. The number of aromatic nitrogens is 2. The van der Waals surface area contributed by atoms with Crippen molar-refractivity contribution in [3.63, 3.8) is 0 Å². The van der Waals surface area contributed by atoms with E-state index in [0.717, 1.165) is 26.7 Å². The molecule has 0 saturated heterocycles. The first-order valence-corrected chi connectivity index (χ1v) is 6.30. The molecule has 3 rings (SSSR count). The number of nitrogen functional groups attached to an aromatic ring is 1. The fourth-order valence-corrected chi connectivity index (χ4v) is 2.59. The molecule has 5 heteroatoms. The van der Waals surface area contributed by atoms with Gasteiger partial charge in [0.05, 0.1) is 15.4 Å². The van der Waals surface area contributed by atoms with Crippen molar-refractivity contribution in [1.82, 2.24) is 10.1 Å². The zero-order valence-electron chi connectivity index (χ0n) is 9.75. The third-order valence-electron chi connectivity index (χ3n) is 2.64. The van der Waals surface area contributed by atoms with Gasteiger partial charge in [0.15, 0.2) is 0 Å². The van der Waals surface area contributed by atoms with E-state index in [0.29, 0.717) is 5.88 Å². The van der Waals surface area contributed by atoms with E-state index in [4.69, 9.17) is 10.3 Å². The van der Waals surface area contributed by atoms with Gasteiger partial charge in [0.1, 0.15) is 5.69 Å². The minimum Gasteiger partial charge on any atom is -0.367 e. The molecule has 0 bridgehead atoms. The average Bonchev–Trinajstić information content (AvgIpc) is 2.96. The molecule has 2 aromatic heterocycles. The van der Waals surface area contributed by atoms with Gasteiger partial charge in [-0.05, 0) is 12.5 Å². The van der Waals surface area contributed by atoms with Gasteiger partial charge in [-0.15, -0.1) is 11.3 Å². The Morgan fingerprint density at radius 3 is 2.67 bits per heavy atom. The number of nitrogens with zero attached hydrogens (tertiary/aromatic N) is 2. The number of thiazole rings is 1. The lowest BCUT2D eigenvalue weighted by Crippen LogP contribution is -1.86. The topological polar surface area (TPSA) is 64.9 Å². The van der Waals surface area contributed by atoms with Crippen LogP contribution in [0.4, 0.5) is 5.88 Å². The van der Waals surface area contributed by atoms with Gasteiger partial charge < -0.3 is 10.3 Å². The molecule has 0 aliphatic carbocycles. The van der Waals surface area contributed by atoms with Crippen molar-refractivity contribution in [1.29, 1.82) is 0 Å². The van der Waals surface area contributed by atoms with Crippen molar-refractivity contribution in [3.05, 3.63) is 41.5 Å². The summed E-state index contributed by atoms with van der Waals surface area (Å²) >= 11 is 1.57. The predicted molar refractivity (Wildman–Crippen MR) is 72.2 cm³/mol. The molecule has 0 unspecified atom stereocenters. The number of benzene rings is 1. The molecule has 90 valence electrons. The normalized spacial score (nSPS) is 10.7. The quantitative estimate of drug-likeness (QED) is 0.764. The second kappa shape index (κ2) is 4.27. The molecule has 18 heavy (non-hydrogen) atoms. The molecule has 0 radical (unpaired) electrons. The molecule has 2 N–H and O–H groups in total. The molecular weight excluding hydrogens is 246 g/mol. The van der Waals surface area contributed by atoms with Gasteiger partial charge in [0.25, 0.3) is 0 Å². The van der Waals surface area contributed by atoms with Crippen LogP contribution < -0.4 is 5.73 Å². The molecule has 2 heterocycles. The molecular formula is C13H11N3OS. The molecule has 0 atom stereocenters. The lowest BCUT2D eigenvalue weighted by Gasteiger charge is -1.99. The molecule has 1 aromatic carbocycles. The van der Waals surface area contributed by atoms with Crippen LogP contribution in [0.5, 0.6) is 0 Å². The number of anilines is 1. The number of hydrogen-bond donors (Lipinski definition) is 1. The summed E-state index contributed by atoms with van der Waals surface area (Å²) in [5.41, 5.74) is 8.46. The fourth-order valence-electron chi connectivity index (χ4n) is 1.83. The minimum atomic E-state index is 0.335. The van der Waals surface area contributed by atoms with E-state index >= 15 is 0 Å². The van der Waals surface area contributed by atoms with Crippen LogP contribution in [-0.2, 0) is 0 Å². The Labute approximate surface area is 108 Å². The van der Waals surface area contributed by atoms with Crippen LogP contribution in [0, 0.1) is 6.92 Å². The maximum atomic E-state index is 5.87. The molecule has 0 amide bonds. The third kappa shape index (κ3) is 1.78. The Morgan fingerprint density at radius 2 is 2.00 bits per heavy atom.